The Hall–Kier alpha value is -2.34. The van der Waals surface area contributed by atoms with Crippen LogP contribution in [0.1, 0.15) is 18.6 Å². The molecule has 0 aliphatic carbocycles. The summed E-state index contributed by atoms with van der Waals surface area (Å²) in [5, 5.41) is 3.84. The van der Waals surface area contributed by atoms with Gasteiger partial charge in [0, 0.05) is 16.7 Å². The Morgan fingerprint density at radius 2 is 1.00 bits per heavy atom. The van der Waals surface area contributed by atoms with Crippen molar-refractivity contribution in [1.82, 2.24) is 4.67 Å². The van der Waals surface area contributed by atoms with Crippen molar-refractivity contribution in [1.29, 1.82) is 0 Å². The second kappa shape index (κ2) is 11.7. The average molecular weight is 472 g/mol. The van der Waals surface area contributed by atoms with Gasteiger partial charge in [0.05, 0.1) is 8.15 Å². The molecule has 0 spiro atoms. The molecule has 0 heterocycles. The zero-order valence-electron chi connectivity index (χ0n) is 19.5. The molecule has 2 nitrogen and oxygen atoms in total. The van der Waals surface area contributed by atoms with Crippen LogP contribution in [0.4, 0.5) is 0 Å². The van der Waals surface area contributed by atoms with Crippen LogP contribution >= 0.6 is 16.2 Å². The molecule has 0 N–H and O–H groups in total. The van der Waals surface area contributed by atoms with E-state index in [0.29, 0.717) is 0 Å². The molecule has 0 amide bonds. The molecule has 1 unspecified atom stereocenters. The number of benzene rings is 4. The fourth-order valence-electron chi connectivity index (χ4n) is 3.88. The SMILES string of the molecule is C[C@@H]([C@H](OP(c1ccccc1)c1ccccc1)c1ccccc1)N(C)P(C)c1ccccc1. The van der Waals surface area contributed by atoms with Crippen LogP contribution in [0.2, 0.25) is 0 Å². The van der Waals surface area contributed by atoms with Crippen molar-refractivity contribution in [2.45, 2.75) is 19.1 Å². The molecule has 4 aromatic carbocycles. The maximum atomic E-state index is 7.11. The van der Waals surface area contributed by atoms with Gasteiger partial charge < -0.3 is 4.52 Å². The third-order valence-corrected chi connectivity index (χ3v) is 10.3. The van der Waals surface area contributed by atoms with E-state index in [1.165, 1.54) is 21.5 Å². The lowest BCUT2D eigenvalue weighted by Gasteiger charge is -2.37. The van der Waals surface area contributed by atoms with Gasteiger partial charge >= 0.3 is 0 Å². The van der Waals surface area contributed by atoms with Crippen molar-refractivity contribution in [3.05, 3.63) is 127 Å². The highest BCUT2D eigenvalue weighted by atomic mass is 31.1. The molecule has 0 saturated carbocycles. The Morgan fingerprint density at radius 3 is 1.45 bits per heavy atom. The molecule has 33 heavy (non-hydrogen) atoms. The van der Waals surface area contributed by atoms with Gasteiger partial charge in [-0.25, -0.2) is 0 Å². The first kappa shape index (κ1) is 23.8. The Labute approximate surface area is 200 Å². The molecule has 3 atom stereocenters. The number of nitrogens with zero attached hydrogens (tertiary/aromatic N) is 1. The predicted octanol–water partition coefficient (Wildman–Crippen LogP) is 6.46. The first-order valence-corrected chi connectivity index (χ1v) is 14.3. The number of hydrogen-bond acceptors (Lipinski definition) is 2. The molecule has 0 bridgehead atoms. The molecular weight excluding hydrogens is 440 g/mol. The Balaban J connectivity index is 1.69. The summed E-state index contributed by atoms with van der Waals surface area (Å²) in [7, 11) is 0.796. The largest absolute Gasteiger partial charge is 0.340 e. The van der Waals surface area contributed by atoms with E-state index < -0.39 is 16.2 Å². The summed E-state index contributed by atoms with van der Waals surface area (Å²) >= 11 is 0. The second-order valence-corrected chi connectivity index (χ2v) is 12.1. The van der Waals surface area contributed by atoms with Crippen molar-refractivity contribution < 1.29 is 4.52 Å². The summed E-state index contributed by atoms with van der Waals surface area (Å²) in [5.74, 6) is 0. The van der Waals surface area contributed by atoms with E-state index in [-0.39, 0.29) is 12.1 Å². The van der Waals surface area contributed by atoms with Crippen molar-refractivity contribution >= 4 is 32.1 Å². The average Bonchev–Trinajstić information content (AvgIpc) is 2.90. The van der Waals surface area contributed by atoms with Crippen LogP contribution < -0.4 is 15.9 Å². The van der Waals surface area contributed by atoms with Crippen molar-refractivity contribution in [3.8, 4) is 0 Å². The van der Waals surface area contributed by atoms with Gasteiger partial charge in [0.1, 0.15) is 6.10 Å². The highest BCUT2D eigenvalue weighted by molar-refractivity contribution is 7.68. The maximum absolute atomic E-state index is 7.11. The van der Waals surface area contributed by atoms with Gasteiger partial charge in [0.25, 0.3) is 0 Å². The van der Waals surface area contributed by atoms with Crippen molar-refractivity contribution in [2.24, 2.45) is 0 Å². The lowest BCUT2D eigenvalue weighted by Crippen LogP contribution is -2.34. The third-order valence-electron chi connectivity index (χ3n) is 5.96. The molecule has 0 fully saturated rings. The van der Waals surface area contributed by atoms with Crippen LogP contribution in [-0.2, 0) is 4.52 Å². The van der Waals surface area contributed by atoms with E-state index in [9.17, 15) is 0 Å². The fourth-order valence-corrected chi connectivity index (χ4v) is 7.46. The Kier molecular flexibility index (Phi) is 8.43. The zero-order chi connectivity index (χ0) is 23.0. The molecular formula is C29H31NOP2. The van der Waals surface area contributed by atoms with Gasteiger partial charge in [-0.1, -0.05) is 121 Å². The molecule has 4 rings (SSSR count). The molecule has 4 aromatic rings. The highest BCUT2D eigenvalue weighted by Gasteiger charge is 2.30. The van der Waals surface area contributed by atoms with E-state index in [1.807, 2.05) is 0 Å². The molecule has 0 aliphatic heterocycles. The van der Waals surface area contributed by atoms with Crippen molar-refractivity contribution in [2.75, 3.05) is 13.7 Å². The molecule has 168 valence electrons. The van der Waals surface area contributed by atoms with Gasteiger partial charge in [-0.05, 0) is 39.6 Å². The van der Waals surface area contributed by atoms with E-state index >= 15 is 0 Å². The van der Waals surface area contributed by atoms with Crippen molar-refractivity contribution in [3.63, 3.8) is 0 Å². The Bertz CT molecular complexity index is 1050. The van der Waals surface area contributed by atoms with Gasteiger partial charge in [-0.15, -0.1) is 0 Å². The third kappa shape index (κ3) is 5.97. The summed E-state index contributed by atoms with van der Waals surface area (Å²) < 4.78 is 9.60. The first-order valence-electron chi connectivity index (χ1n) is 11.3. The van der Waals surface area contributed by atoms with Crippen LogP contribution in [0.5, 0.6) is 0 Å². The molecule has 0 aromatic heterocycles. The van der Waals surface area contributed by atoms with Crippen LogP contribution in [0, 0.1) is 0 Å². The highest BCUT2D eigenvalue weighted by Crippen LogP contribution is 2.46. The lowest BCUT2D eigenvalue weighted by atomic mass is 10.0. The number of rotatable bonds is 9. The van der Waals surface area contributed by atoms with E-state index in [1.54, 1.807) is 0 Å². The number of hydrogen-bond donors (Lipinski definition) is 0. The monoisotopic (exact) mass is 471 g/mol. The van der Waals surface area contributed by atoms with Crippen LogP contribution in [0.25, 0.3) is 0 Å². The maximum Gasteiger partial charge on any atom is 0.103 e. The van der Waals surface area contributed by atoms with E-state index in [4.69, 9.17) is 4.52 Å². The summed E-state index contributed by atoms with van der Waals surface area (Å²) in [4.78, 5) is 0. The molecule has 0 saturated heterocycles. The topological polar surface area (TPSA) is 12.5 Å². The summed E-state index contributed by atoms with van der Waals surface area (Å²) in [6.07, 6.45) is -0.0589. The summed E-state index contributed by atoms with van der Waals surface area (Å²) in [6, 6.07) is 43.0. The smallest absolute Gasteiger partial charge is 0.103 e. The van der Waals surface area contributed by atoms with E-state index in [0.717, 1.165) is 0 Å². The standard InChI is InChI=1S/C29H31NOP2/c1-24(30(2)32(3)26-18-10-5-11-19-26)29(25-16-8-4-9-17-25)31-33(27-20-12-6-13-21-27)28-22-14-7-15-23-28/h4-24,29H,1-3H3/t24-,29-,32?/m0/s1. The quantitative estimate of drug-likeness (QED) is 0.260. The van der Waals surface area contributed by atoms with Gasteiger partial charge in [-0.3, -0.25) is 4.67 Å². The molecule has 0 radical (unpaired) electrons. The predicted molar refractivity (Wildman–Crippen MR) is 145 cm³/mol. The van der Waals surface area contributed by atoms with Crippen LogP contribution in [-0.4, -0.2) is 24.4 Å². The van der Waals surface area contributed by atoms with E-state index in [2.05, 4.69) is 147 Å². The summed E-state index contributed by atoms with van der Waals surface area (Å²) in [6.45, 7) is 4.63. The zero-order valence-corrected chi connectivity index (χ0v) is 21.2. The van der Waals surface area contributed by atoms with Gasteiger partial charge in [0.15, 0.2) is 0 Å². The second-order valence-electron chi connectivity index (χ2n) is 8.08. The minimum Gasteiger partial charge on any atom is -0.340 e. The fraction of sp³-hybridized carbons (Fsp3) is 0.172. The van der Waals surface area contributed by atoms with Gasteiger partial charge in [0.2, 0.25) is 0 Å². The minimum atomic E-state index is -0.964. The van der Waals surface area contributed by atoms with Gasteiger partial charge in [-0.2, -0.15) is 0 Å². The lowest BCUT2D eigenvalue weighted by molar-refractivity contribution is 0.154. The first-order chi connectivity index (χ1) is 16.1. The van der Waals surface area contributed by atoms with Crippen LogP contribution in [0.15, 0.2) is 121 Å². The van der Waals surface area contributed by atoms with Crippen LogP contribution in [0.3, 0.4) is 0 Å². The minimum absolute atomic E-state index is 0.0589. The Morgan fingerprint density at radius 1 is 0.606 bits per heavy atom. The summed E-state index contributed by atoms with van der Waals surface area (Å²) in [5.41, 5.74) is 1.22. The molecule has 0 aliphatic rings. The molecule has 4 heteroatoms. The normalized spacial score (nSPS) is 14.2. The number of likely N-dealkylation sites (N-methyl/N-ethyl adjacent to an activating group) is 1.